The number of ketones is 1. The van der Waals surface area contributed by atoms with E-state index in [2.05, 4.69) is 6.07 Å². The predicted octanol–water partition coefficient (Wildman–Crippen LogP) is 2.75. The van der Waals surface area contributed by atoms with E-state index >= 15 is 0 Å². The molecule has 0 saturated heterocycles. The summed E-state index contributed by atoms with van der Waals surface area (Å²) in [6.07, 6.45) is 5.10. The van der Waals surface area contributed by atoms with Crippen molar-refractivity contribution in [1.29, 1.82) is 0 Å². The first-order valence-corrected chi connectivity index (χ1v) is 6.13. The Labute approximate surface area is 95.6 Å². The van der Waals surface area contributed by atoms with Gasteiger partial charge in [-0.15, -0.1) is 0 Å². The summed E-state index contributed by atoms with van der Waals surface area (Å²) >= 11 is 0. The van der Waals surface area contributed by atoms with Gasteiger partial charge < -0.3 is 4.74 Å². The van der Waals surface area contributed by atoms with E-state index in [1.807, 2.05) is 18.2 Å². The second kappa shape index (κ2) is 3.93. The van der Waals surface area contributed by atoms with Gasteiger partial charge in [-0.25, -0.2) is 0 Å². The maximum absolute atomic E-state index is 12.2. The lowest BCUT2D eigenvalue weighted by molar-refractivity contribution is -0.128. The molecule has 0 aromatic heterocycles. The van der Waals surface area contributed by atoms with Crippen LogP contribution in [0.25, 0.3) is 0 Å². The average Bonchev–Trinajstić information content (AvgIpc) is 2.97. The van der Waals surface area contributed by atoms with Gasteiger partial charge in [-0.2, -0.15) is 0 Å². The summed E-state index contributed by atoms with van der Waals surface area (Å²) in [7, 11) is 0. The average molecular weight is 216 g/mol. The Morgan fingerprint density at radius 2 is 1.94 bits per heavy atom. The van der Waals surface area contributed by atoms with E-state index in [9.17, 15) is 4.79 Å². The van der Waals surface area contributed by atoms with Crippen LogP contribution >= 0.6 is 0 Å². The lowest BCUT2D eigenvalue weighted by Crippen LogP contribution is -2.30. The lowest BCUT2D eigenvalue weighted by atomic mass is 9.96. The normalized spacial score (nSPS) is 24.1. The van der Waals surface area contributed by atoms with Crippen LogP contribution in [0.3, 0.4) is 0 Å². The van der Waals surface area contributed by atoms with Gasteiger partial charge >= 0.3 is 0 Å². The highest BCUT2D eigenvalue weighted by Crippen LogP contribution is 2.33. The molecule has 1 unspecified atom stereocenters. The maximum atomic E-state index is 12.2. The molecule has 0 spiro atoms. The molecule has 0 N–H and O–H groups in total. The first kappa shape index (κ1) is 9.88. The first-order chi connectivity index (χ1) is 7.84. The van der Waals surface area contributed by atoms with Gasteiger partial charge in [0.1, 0.15) is 5.75 Å². The zero-order chi connectivity index (χ0) is 11.0. The number of ether oxygens (including phenoxy) is 1. The summed E-state index contributed by atoms with van der Waals surface area (Å²) in [4.78, 5) is 12.2. The van der Waals surface area contributed by atoms with Crippen molar-refractivity contribution in [2.45, 2.75) is 38.2 Å². The summed E-state index contributed by atoms with van der Waals surface area (Å²) < 4.78 is 5.73. The van der Waals surface area contributed by atoms with Crippen LogP contribution in [0.5, 0.6) is 5.75 Å². The van der Waals surface area contributed by atoms with Crippen molar-refractivity contribution < 1.29 is 9.53 Å². The number of hydrogen-bond acceptors (Lipinski definition) is 2. The Bertz CT molecular complexity index is 380. The topological polar surface area (TPSA) is 26.3 Å². The summed E-state index contributed by atoms with van der Waals surface area (Å²) in [6.45, 7) is 0. The van der Waals surface area contributed by atoms with Crippen molar-refractivity contribution >= 4 is 5.78 Å². The SMILES string of the molecule is O=C(C1CCCC1)C1Cc2ccccc2O1. The maximum Gasteiger partial charge on any atom is 0.176 e. The van der Waals surface area contributed by atoms with Gasteiger partial charge in [0, 0.05) is 12.3 Å². The number of carbonyl (C=O) groups excluding carboxylic acids is 1. The molecule has 3 rings (SSSR count). The summed E-state index contributed by atoms with van der Waals surface area (Å²) in [5.74, 6) is 1.49. The van der Waals surface area contributed by atoms with Gasteiger partial charge in [0.05, 0.1) is 0 Å². The molecule has 1 aromatic carbocycles. The Balaban J connectivity index is 1.73. The Kier molecular flexibility index (Phi) is 2.43. The molecule has 0 bridgehead atoms. The van der Waals surface area contributed by atoms with Crippen LogP contribution in [0.1, 0.15) is 31.2 Å². The van der Waals surface area contributed by atoms with Crippen LogP contribution in [0.2, 0.25) is 0 Å². The third-order valence-corrected chi connectivity index (χ3v) is 3.72. The molecule has 1 aliphatic heterocycles. The fourth-order valence-corrected chi connectivity index (χ4v) is 2.81. The van der Waals surface area contributed by atoms with Crippen molar-refractivity contribution in [3.05, 3.63) is 29.8 Å². The largest absolute Gasteiger partial charge is 0.482 e. The molecule has 2 heteroatoms. The van der Waals surface area contributed by atoms with Gasteiger partial charge in [0.25, 0.3) is 0 Å². The number of benzene rings is 1. The lowest BCUT2D eigenvalue weighted by Gasteiger charge is -2.14. The van der Waals surface area contributed by atoms with Crippen molar-refractivity contribution in [3.63, 3.8) is 0 Å². The van der Waals surface area contributed by atoms with E-state index in [0.717, 1.165) is 25.0 Å². The molecule has 0 amide bonds. The van der Waals surface area contributed by atoms with Crippen molar-refractivity contribution in [2.75, 3.05) is 0 Å². The molecule has 1 fully saturated rings. The molecule has 1 saturated carbocycles. The minimum absolute atomic E-state index is 0.208. The molecule has 1 aliphatic carbocycles. The first-order valence-electron chi connectivity index (χ1n) is 6.13. The second-order valence-corrected chi connectivity index (χ2v) is 4.80. The van der Waals surface area contributed by atoms with Crippen LogP contribution in [0, 0.1) is 5.92 Å². The Morgan fingerprint density at radius 3 is 2.69 bits per heavy atom. The quantitative estimate of drug-likeness (QED) is 0.759. The molecule has 1 atom stereocenters. The number of fused-ring (bicyclic) bond motifs is 1. The number of rotatable bonds is 2. The molecule has 1 aromatic rings. The molecule has 84 valence electrons. The smallest absolute Gasteiger partial charge is 0.176 e. The molecule has 2 aliphatic rings. The van der Waals surface area contributed by atoms with Gasteiger partial charge in [0.2, 0.25) is 0 Å². The van der Waals surface area contributed by atoms with E-state index in [1.54, 1.807) is 0 Å². The van der Waals surface area contributed by atoms with Gasteiger partial charge in [-0.1, -0.05) is 31.0 Å². The van der Waals surface area contributed by atoms with Crippen molar-refractivity contribution in [3.8, 4) is 5.75 Å². The highest BCUT2D eigenvalue weighted by atomic mass is 16.5. The molecular weight excluding hydrogens is 200 g/mol. The molecule has 2 nitrogen and oxygen atoms in total. The molecular formula is C14H16O2. The van der Waals surface area contributed by atoms with Gasteiger partial charge in [-0.05, 0) is 24.5 Å². The number of para-hydroxylation sites is 1. The van der Waals surface area contributed by atoms with Crippen LogP contribution < -0.4 is 4.74 Å². The molecule has 0 radical (unpaired) electrons. The van der Waals surface area contributed by atoms with E-state index < -0.39 is 0 Å². The van der Waals surface area contributed by atoms with E-state index in [4.69, 9.17) is 4.74 Å². The van der Waals surface area contributed by atoms with Gasteiger partial charge in [-0.3, -0.25) is 4.79 Å². The fourth-order valence-electron chi connectivity index (χ4n) is 2.81. The van der Waals surface area contributed by atoms with Crippen molar-refractivity contribution in [1.82, 2.24) is 0 Å². The number of hydrogen-bond donors (Lipinski definition) is 0. The minimum atomic E-state index is -0.208. The number of Topliss-reactive ketones (excluding diaryl/α,β-unsaturated/α-hetero) is 1. The summed E-state index contributed by atoms with van der Waals surface area (Å²) in [6, 6.07) is 7.97. The monoisotopic (exact) mass is 216 g/mol. The molecule has 16 heavy (non-hydrogen) atoms. The Morgan fingerprint density at radius 1 is 1.19 bits per heavy atom. The highest BCUT2D eigenvalue weighted by Gasteiger charge is 2.34. The van der Waals surface area contributed by atoms with Crippen LogP contribution in [-0.2, 0) is 11.2 Å². The summed E-state index contributed by atoms with van der Waals surface area (Å²) in [5.41, 5.74) is 1.18. The van der Waals surface area contributed by atoms with E-state index in [1.165, 1.54) is 18.4 Å². The molecule has 1 heterocycles. The Hall–Kier alpha value is -1.31. The summed E-state index contributed by atoms with van der Waals surface area (Å²) in [5, 5.41) is 0. The van der Waals surface area contributed by atoms with Crippen LogP contribution in [-0.4, -0.2) is 11.9 Å². The minimum Gasteiger partial charge on any atom is -0.482 e. The number of carbonyl (C=O) groups is 1. The highest BCUT2D eigenvalue weighted by molar-refractivity contribution is 5.87. The standard InChI is InChI=1S/C14H16O2/c15-14(10-5-1-2-6-10)13-9-11-7-3-4-8-12(11)16-13/h3-4,7-8,10,13H,1-2,5-6,9H2. The van der Waals surface area contributed by atoms with Gasteiger partial charge in [0.15, 0.2) is 11.9 Å². The fraction of sp³-hybridized carbons (Fsp3) is 0.500. The zero-order valence-corrected chi connectivity index (χ0v) is 9.32. The zero-order valence-electron chi connectivity index (χ0n) is 9.32. The van der Waals surface area contributed by atoms with E-state index in [-0.39, 0.29) is 12.0 Å². The van der Waals surface area contributed by atoms with Crippen LogP contribution in [0.4, 0.5) is 0 Å². The van der Waals surface area contributed by atoms with Crippen LogP contribution in [0.15, 0.2) is 24.3 Å². The second-order valence-electron chi connectivity index (χ2n) is 4.80. The van der Waals surface area contributed by atoms with Crippen molar-refractivity contribution in [2.24, 2.45) is 5.92 Å². The van der Waals surface area contributed by atoms with E-state index in [0.29, 0.717) is 5.78 Å². The third kappa shape index (κ3) is 1.62. The third-order valence-electron chi connectivity index (χ3n) is 3.72. The predicted molar refractivity (Wildman–Crippen MR) is 61.5 cm³/mol.